The van der Waals surface area contributed by atoms with Crippen molar-refractivity contribution in [1.29, 1.82) is 0 Å². The van der Waals surface area contributed by atoms with Gasteiger partial charge in [0.05, 0.1) is 32.0 Å². The summed E-state index contributed by atoms with van der Waals surface area (Å²) in [6, 6.07) is 12.3. The quantitative estimate of drug-likeness (QED) is 0.319. The number of nitrogens with one attached hydrogen (secondary N) is 1. The molecule has 2 aromatic carbocycles. The Morgan fingerprint density at radius 3 is 2.43 bits per heavy atom. The Labute approximate surface area is 168 Å². The van der Waals surface area contributed by atoms with Crippen LogP contribution in [-0.4, -0.2) is 25.4 Å². The maximum Gasteiger partial charge on any atom is 0.342 e. The zero-order chi connectivity index (χ0) is 20.7. The maximum atomic E-state index is 12.0. The third kappa shape index (κ3) is 4.71. The Morgan fingerprint density at radius 2 is 1.82 bits per heavy atom. The highest BCUT2D eigenvalue weighted by atomic mass is 32.2. The molecular formula is C20H24N2O5S. The van der Waals surface area contributed by atoms with Crippen LogP contribution < -0.4 is 13.9 Å². The Kier molecular flexibility index (Phi) is 7.60. The molecule has 2 N–H and O–H groups in total. The van der Waals surface area contributed by atoms with Gasteiger partial charge in [-0.3, -0.25) is 5.21 Å². The van der Waals surface area contributed by atoms with Crippen LogP contribution in [0.2, 0.25) is 0 Å². The van der Waals surface area contributed by atoms with Crippen LogP contribution in [0, 0.1) is 6.92 Å². The van der Waals surface area contributed by atoms with Crippen molar-refractivity contribution in [1.82, 2.24) is 0 Å². The molecular weight excluding hydrogens is 380 g/mol. The molecule has 0 amide bonds. The summed E-state index contributed by atoms with van der Waals surface area (Å²) in [4.78, 5) is 12.0. The van der Waals surface area contributed by atoms with E-state index in [-0.39, 0.29) is 0 Å². The molecule has 3 rings (SSSR count). The van der Waals surface area contributed by atoms with Crippen molar-refractivity contribution in [2.45, 2.75) is 20.8 Å². The van der Waals surface area contributed by atoms with Gasteiger partial charge in [0.25, 0.3) is 0 Å². The highest BCUT2D eigenvalue weighted by Crippen LogP contribution is 2.30. The SMILES string of the molecule is CC.COC(=O)c1c(C)oc2ccc(NSN(O)c3ccc(OC)cc3)cc12. The van der Waals surface area contributed by atoms with Gasteiger partial charge in [-0.25, -0.2) is 4.79 Å². The number of methoxy groups -OCH3 is 2. The summed E-state index contributed by atoms with van der Waals surface area (Å²) in [5.74, 6) is 0.753. The Balaban J connectivity index is 0.00000136. The largest absolute Gasteiger partial charge is 0.497 e. The fourth-order valence-electron chi connectivity index (χ4n) is 2.50. The first-order valence-corrected chi connectivity index (χ1v) is 9.48. The predicted molar refractivity (Wildman–Crippen MR) is 112 cm³/mol. The highest BCUT2D eigenvalue weighted by molar-refractivity contribution is 8.01. The second kappa shape index (κ2) is 9.91. The van der Waals surface area contributed by atoms with Gasteiger partial charge in [-0.05, 0) is 49.4 Å². The molecule has 0 unspecified atom stereocenters. The fourth-order valence-corrected chi connectivity index (χ4v) is 3.04. The molecule has 0 saturated carbocycles. The zero-order valence-electron chi connectivity index (χ0n) is 16.5. The molecule has 0 saturated heterocycles. The van der Waals surface area contributed by atoms with E-state index in [0.29, 0.717) is 39.4 Å². The second-order valence-electron chi connectivity index (χ2n) is 5.40. The Bertz CT molecular complexity index is 924. The van der Waals surface area contributed by atoms with Gasteiger partial charge in [0.1, 0.15) is 22.7 Å². The molecule has 0 aliphatic rings. The van der Waals surface area contributed by atoms with Crippen molar-refractivity contribution in [2.75, 3.05) is 23.4 Å². The molecule has 0 radical (unpaired) electrons. The number of rotatable bonds is 6. The van der Waals surface area contributed by atoms with Gasteiger partial charge >= 0.3 is 5.97 Å². The van der Waals surface area contributed by atoms with Crippen molar-refractivity contribution in [3.63, 3.8) is 0 Å². The topological polar surface area (TPSA) is 84.2 Å². The molecule has 0 aliphatic carbocycles. The first kappa shape index (κ1) is 21.5. The molecule has 8 heteroatoms. The normalized spacial score (nSPS) is 10.1. The number of hydrogen-bond acceptors (Lipinski definition) is 8. The van der Waals surface area contributed by atoms with Gasteiger partial charge in [-0.15, -0.1) is 0 Å². The lowest BCUT2D eigenvalue weighted by molar-refractivity contribution is 0.0600. The van der Waals surface area contributed by atoms with E-state index in [4.69, 9.17) is 13.9 Å². The van der Waals surface area contributed by atoms with E-state index < -0.39 is 5.97 Å². The number of ether oxygens (including phenoxy) is 2. The van der Waals surface area contributed by atoms with Gasteiger partial charge in [0.2, 0.25) is 0 Å². The van der Waals surface area contributed by atoms with E-state index in [1.807, 2.05) is 13.8 Å². The summed E-state index contributed by atoms with van der Waals surface area (Å²) in [5.41, 5.74) is 2.27. The monoisotopic (exact) mass is 404 g/mol. The standard InChI is InChI=1S/C18H18N2O5S.C2H6/c1-11-17(18(21)24-3)15-10-12(4-9-16(15)25-11)19-26-20(22)13-5-7-14(23-2)8-6-13;1-2/h4-10,19,22H,1-3H3;1-2H3. The first-order chi connectivity index (χ1) is 13.5. The number of carbonyl (C=O) groups excluding carboxylic acids is 1. The number of nitrogens with zero attached hydrogens (tertiary/aromatic N) is 1. The van der Waals surface area contributed by atoms with Crippen LogP contribution in [0.25, 0.3) is 11.0 Å². The number of benzene rings is 2. The summed E-state index contributed by atoms with van der Waals surface area (Å²) in [6.45, 7) is 5.72. The number of carbonyl (C=O) groups is 1. The lowest BCUT2D eigenvalue weighted by Gasteiger charge is -2.16. The average Bonchev–Trinajstić information content (AvgIpc) is 3.07. The lowest BCUT2D eigenvalue weighted by Crippen LogP contribution is -2.10. The molecule has 0 bridgehead atoms. The molecule has 7 nitrogen and oxygen atoms in total. The van der Waals surface area contributed by atoms with Gasteiger partial charge in [0, 0.05) is 11.1 Å². The summed E-state index contributed by atoms with van der Waals surface area (Å²) >= 11 is 0.983. The number of anilines is 2. The number of furan rings is 1. The van der Waals surface area contributed by atoms with Crippen LogP contribution >= 0.6 is 12.1 Å². The predicted octanol–water partition coefficient (Wildman–Crippen LogP) is 5.43. The van der Waals surface area contributed by atoms with Crippen molar-refractivity contribution in [3.8, 4) is 5.75 Å². The van der Waals surface area contributed by atoms with Crippen LogP contribution in [-0.2, 0) is 4.74 Å². The average molecular weight is 404 g/mol. The van der Waals surface area contributed by atoms with Crippen molar-refractivity contribution < 1.29 is 23.9 Å². The van der Waals surface area contributed by atoms with E-state index in [0.717, 1.165) is 16.6 Å². The zero-order valence-corrected chi connectivity index (χ0v) is 17.3. The minimum atomic E-state index is -0.451. The van der Waals surface area contributed by atoms with E-state index in [1.54, 1.807) is 56.5 Å². The summed E-state index contributed by atoms with van der Waals surface area (Å²) < 4.78 is 19.5. The van der Waals surface area contributed by atoms with Gasteiger partial charge in [-0.2, -0.15) is 4.47 Å². The van der Waals surface area contributed by atoms with Gasteiger partial charge in [-0.1, -0.05) is 13.8 Å². The Hall–Kier alpha value is -2.84. The summed E-state index contributed by atoms with van der Waals surface area (Å²) in [6.07, 6.45) is 0. The molecule has 150 valence electrons. The third-order valence-corrected chi connectivity index (χ3v) is 4.51. The van der Waals surface area contributed by atoms with Crippen molar-refractivity contribution >= 4 is 40.4 Å². The number of esters is 1. The number of aryl methyl sites for hydroxylation is 1. The molecule has 0 fully saturated rings. The first-order valence-electron chi connectivity index (χ1n) is 8.71. The number of fused-ring (bicyclic) bond motifs is 1. The van der Waals surface area contributed by atoms with E-state index >= 15 is 0 Å². The van der Waals surface area contributed by atoms with Crippen molar-refractivity contribution in [2.24, 2.45) is 0 Å². The lowest BCUT2D eigenvalue weighted by atomic mass is 10.1. The van der Waals surface area contributed by atoms with Crippen LogP contribution in [0.3, 0.4) is 0 Å². The molecule has 1 heterocycles. The third-order valence-electron chi connectivity index (χ3n) is 3.80. The Morgan fingerprint density at radius 1 is 1.14 bits per heavy atom. The van der Waals surface area contributed by atoms with E-state index in [9.17, 15) is 10.0 Å². The molecule has 1 aromatic heterocycles. The molecule has 28 heavy (non-hydrogen) atoms. The molecule has 0 aliphatic heterocycles. The molecule has 0 atom stereocenters. The molecule has 3 aromatic rings. The highest BCUT2D eigenvalue weighted by Gasteiger charge is 2.19. The van der Waals surface area contributed by atoms with E-state index in [2.05, 4.69) is 4.72 Å². The van der Waals surface area contributed by atoms with Gasteiger partial charge < -0.3 is 18.6 Å². The number of hydrogen-bond donors (Lipinski definition) is 2. The smallest absolute Gasteiger partial charge is 0.342 e. The van der Waals surface area contributed by atoms with Crippen LogP contribution in [0.4, 0.5) is 11.4 Å². The van der Waals surface area contributed by atoms with Crippen molar-refractivity contribution in [3.05, 3.63) is 53.8 Å². The minimum absolute atomic E-state index is 0.396. The minimum Gasteiger partial charge on any atom is -0.497 e. The fraction of sp³-hybridized carbons (Fsp3) is 0.250. The second-order valence-corrected chi connectivity index (χ2v) is 6.13. The summed E-state index contributed by atoms with van der Waals surface area (Å²) in [5, 5.41) is 10.8. The van der Waals surface area contributed by atoms with Gasteiger partial charge in [0.15, 0.2) is 0 Å². The van der Waals surface area contributed by atoms with Crippen LogP contribution in [0.15, 0.2) is 46.9 Å². The van der Waals surface area contributed by atoms with Crippen LogP contribution in [0.1, 0.15) is 30.0 Å². The van der Waals surface area contributed by atoms with Crippen LogP contribution in [0.5, 0.6) is 5.75 Å². The molecule has 0 spiro atoms. The van der Waals surface area contributed by atoms with E-state index in [1.165, 1.54) is 7.11 Å². The maximum absolute atomic E-state index is 12.0. The summed E-state index contributed by atoms with van der Waals surface area (Å²) in [7, 11) is 2.91.